The van der Waals surface area contributed by atoms with Crippen LogP contribution in [-0.2, 0) is 6.54 Å². The highest BCUT2D eigenvalue weighted by molar-refractivity contribution is 6.32. The number of benzene rings is 1. The topological polar surface area (TPSA) is 72.4 Å². The Labute approximate surface area is 129 Å². The first-order valence-electron chi connectivity index (χ1n) is 7.45. The minimum absolute atomic E-state index is 0.0301. The fraction of sp³-hybridized carbons (Fsp3) is 0.600. The van der Waals surface area contributed by atoms with Gasteiger partial charge in [-0.1, -0.05) is 24.1 Å². The Morgan fingerprint density at radius 2 is 2.19 bits per heavy atom. The maximum atomic E-state index is 10.8. The van der Waals surface area contributed by atoms with Crippen LogP contribution in [0.15, 0.2) is 18.2 Å². The van der Waals surface area contributed by atoms with Crippen LogP contribution in [0.2, 0.25) is 5.02 Å². The minimum Gasteiger partial charge on any atom is -0.327 e. The molecule has 3 atom stereocenters. The monoisotopic (exact) mass is 309 g/mol. The molecule has 1 aliphatic carbocycles. The van der Waals surface area contributed by atoms with E-state index in [1.54, 1.807) is 12.1 Å². The molecule has 5 nitrogen and oxygen atoms in total. The van der Waals surface area contributed by atoms with Gasteiger partial charge in [0.25, 0.3) is 5.69 Å². The van der Waals surface area contributed by atoms with Crippen LogP contribution in [0.25, 0.3) is 0 Å². The van der Waals surface area contributed by atoms with Crippen molar-refractivity contribution in [3.05, 3.63) is 38.9 Å². The van der Waals surface area contributed by atoms with Crippen LogP contribution in [0.5, 0.6) is 0 Å². The lowest BCUT2D eigenvalue weighted by Crippen LogP contribution is -2.38. The predicted molar refractivity (Wildman–Crippen MR) is 82.2 cm³/mol. The molecule has 0 spiro atoms. The van der Waals surface area contributed by atoms with Crippen LogP contribution in [0, 0.1) is 22.0 Å². The van der Waals surface area contributed by atoms with Crippen molar-refractivity contribution in [2.24, 2.45) is 17.6 Å². The fourth-order valence-electron chi connectivity index (χ4n) is 3.79. The average molecular weight is 310 g/mol. The van der Waals surface area contributed by atoms with E-state index in [1.807, 2.05) is 0 Å². The summed E-state index contributed by atoms with van der Waals surface area (Å²) >= 11 is 5.97. The molecule has 21 heavy (non-hydrogen) atoms. The van der Waals surface area contributed by atoms with E-state index in [2.05, 4.69) is 4.90 Å². The molecule has 2 N–H and O–H groups in total. The predicted octanol–water partition coefficient (Wildman–Crippen LogP) is 2.81. The van der Waals surface area contributed by atoms with Gasteiger partial charge in [0.05, 0.1) is 4.92 Å². The Balaban J connectivity index is 1.67. The van der Waals surface area contributed by atoms with E-state index < -0.39 is 4.92 Å². The van der Waals surface area contributed by atoms with Crippen LogP contribution >= 0.6 is 11.6 Å². The van der Waals surface area contributed by atoms with Gasteiger partial charge >= 0.3 is 0 Å². The highest BCUT2D eigenvalue weighted by atomic mass is 35.5. The summed E-state index contributed by atoms with van der Waals surface area (Å²) in [6.07, 6.45) is 3.65. The number of nitrogens with two attached hydrogens (primary N) is 1. The van der Waals surface area contributed by atoms with Crippen LogP contribution in [0.1, 0.15) is 24.8 Å². The van der Waals surface area contributed by atoms with E-state index in [1.165, 1.54) is 18.9 Å². The second kappa shape index (κ2) is 5.91. The highest BCUT2D eigenvalue weighted by Gasteiger charge is 2.38. The SMILES string of the molecule is NC1CCCC2CN(Cc3ccc([N+](=O)[O-])c(Cl)c3)CC12. The number of nitrogens with zero attached hydrogens (tertiary/aromatic N) is 2. The van der Waals surface area contributed by atoms with Gasteiger partial charge in [-0.15, -0.1) is 0 Å². The summed E-state index contributed by atoms with van der Waals surface area (Å²) in [5.41, 5.74) is 7.23. The Kier molecular flexibility index (Phi) is 4.15. The zero-order valence-electron chi connectivity index (χ0n) is 11.9. The molecule has 3 unspecified atom stereocenters. The molecule has 1 aromatic rings. The van der Waals surface area contributed by atoms with Gasteiger partial charge in [0.1, 0.15) is 5.02 Å². The number of nitro groups is 1. The molecule has 2 aliphatic rings. The molecule has 114 valence electrons. The highest BCUT2D eigenvalue weighted by Crippen LogP contribution is 2.36. The molecule has 1 heterocycles. The van der Waals surface area contributed by atoms with Crippen molar-refractivity contribution in [2.75, 3.05) is 13.1 Å². The molecule has 2 fully saturated rings. The third kappa shape index (κ3) is 3.05. The Hall–Kier alpha value is -1.17. The molecular weight excluding hydrogens is 290 g/mol. The van der Waals surface area contributed by atoms with E-state index in [0.717, 1.165) is 31.6 Å². The molecule has 3 rings (SSSR count). The maximum absolute atomic E-state index is 10.8. The molecule has 1 saturated heterocycles. The summed E-state index contributed by atoms with van der Waals surface area (Å²) in [5, 5.41) is 11.0. The molecule has 0 bridgehead atoms. The second-order valence-electron chi connectivity index (χ2n) is 6.26. The summed E-state index contributed by atoms with van der Waals surface area (Å²) in [5.74, 6) is 1.31. The van der Waals surface area contributed by atoms with Crippen molar-refractivity contribution in [1.82, 2.24) is 4.90 Å². The van der Waals surface area contributed by atoms with Crippen LogP contribution in [-0.4, -0.2) is 29.0 Å². The Morgan fingerprint density at radius 3 is 2.86 bits per heavy atom. The van der Waals surface area contributed by atoms with Crippen LogP contribution in [0.3, 0.4) is 0 Å². The quantitative estimate of drug-likeness (QED) is 0.688. The Bertz CT molecular complexity index is 552. The molecule has 0 aromatic heterocycles. The summed E-state index contributed by atoms with van der Waals surface area (Å²) in [7, 11) is 0. The zero-order valence-corrected chi connectivity index (χ0v) is 12.6. The summed E-state index contributed by atoms with van der Waals surface area (Å²) in [6.45, 7) is 2.89. The number of fused-ring (bicyclic) bond motifs is 1. The van der Waals surface area contributed by atoms with Gasteiger partial charge in [-0.05, 0) is 36.3 Å². The fourth-order valence-corrected chi connectivity index (χ4v) is 4.07. The molecule has 6 heteroatoms. The minimum atomic E-state index is -0.449. The molecule has 1 aliphatic heterocycles. The lowest BCUT2D eigenvalue weighted by Gasteiger charge is -2.29. The number of halogens is 1. The van der Waals surface area contributed by atoms with Crippen molar-refractivity contribution in [3.8, 4) is 0 Å². The van der Waals surface area contributed by atoms with Crippen LogP contribution < -0.4 is 5.73 Å². The third-order valence-corrected chi connectivity index (χ3v) is 5.15. The number of nitro benzene ring substituents is 1. The molecule has 0 radical (unpaired) electrons. The van der Waals surface area contributed by atoms with Crippen molar-refractivity contribution < 1.29 is 4.92 Å². The van der Waals surface area contributed by atoms with Crippen molar-refractivity contribution in [3.63, 3.8) is 0 Å². The van der Waals surface area contributed by atoms with E-state index in [-0.39, 0.29) is 10.7 Å². The standard InChI is InChI=1S/C15H20ClN3O2/c16-13-6-10(4-5-15(13)19(20)21)7-18-8-11-2-1-3-14(17)12(11)9-18/h4-6,11-12,14H,1-3,7-9,17H2. The number of likely N-dealkylation sites (tertiary alicyclic amines) is 1. The first-order valence-corrected chi connectivity index (χ1v) is 7.83. The Morgan fingerprint density at radius 1 is 1.38 bits per heavy atom. The van der Waals surface area contributed by atoms with E-state index >= 15 is 0 Å². The normalized spacial score (nSPS) is 29.3. The molecule has 1 aromatic carbocycles. The third-order valence-electron chi connectivity index (χ3n) is 4.84. The van der Waals surface area contributed by atoms with Gasteiger partial charge in [-0.25, -0.2) is 0 Å². The summed E-state index contributed by atoms with van der Waals surface area (Å²) in [6, 6.07) is 5.33. The number of hydrogen-bond acceptors (Lipinski definition) is 4. The average Bonchev–Trinajstić information content (AvgIpc) is 2.82. The smallest absolute Gasteiger partial charge is 0.287 e. The lowest BCUT2D eigenvalue weighted by atomic mass is 9.78. The van der Waals surface area contributed by atoms with Gasteiger partial charge in [-0.2, -0.15) is 0 Å². The van der Waals surface area contributed by atoms with Crippen LogP contribution in [0.4, 0.5) is 5.69 Å². The van der Waals surface area contributed by atoms with Gasteiger partial charge in [0.15, 0.2) is 0 Å². The molecule has 1 saturated carbocycles. The largest absolute Gasteiger partial charge is 0.327 e. The van der Waals surface area contributed by atoms with Gasteiger partial charge in [-0.3, -0.25) is 15.0 Å². The summed E-state index contributed by atoms with van der Waals surface area (Å²) in [4.78, 5) is 12.7. The lowest BCUT2D eigenvalue weighted by molar-refractivity contribution is -0.384. The second-order valence-corrected chi connectivity index (χ2v) is 6.66. The van der Waals surface area contributed by atoms with Gasteiger partial charge < -0.3 is 5.73 Å². The van der Waals surface area contributed by atoms with Crippen molar-refractivity contribution in [2.45, 2.75) is 31.8 Å². The zero-order chi connectivity index (χ0) is 15.0. The first-order chi connectivity index (χ1) is 10.0. The van der Waals surface area contributed by atoms with E-state index in [0.29, 0.717) is 17.9 Å². The van der Waals surface area contributed by atoms with Crippen molar-refractivity contribution in [1.29, 1.82) is 0 Å². The first kappa shape index (κ1) is 14.8. The number of hydrogen-bond donors (Lipinski definition) is 1. The van der Waals surface area contributed by atoms with Crippen molar-refractivity contribution >= 4 is 17.3 Å². The van der Waals surface area contributed by atoms with E-state index in [4.69, 9.17) is 17.3 Å². The summed E-state index contributed by atoms with van der Waals surface area (Å²) < 4.78 is 0. The maximum Gasteiger partial charge on any atom is 0.287 e. The van der Waals surface area contributed by atoms with Gasteiger partial charge in [0.2, 0.25) is 0 Å². The van der Waals surface area contributed by atoms with E-state index in [9.17, 15) is 10.1 Å². The number of rotatable bonds is 3. The molecule has 0 amide bonds. The molecular formula is C15H20ClN3O2. The van der Waals surface area contributed by atoms with Gasteiger partial charge in [0, 0.05) is 31.7 Å².